The highest BCUT2D eigenvalue weighted by Gasteiger charge is 2.12. The highest BCUT2D eigenvalue weighted by atomic mass is 35.5. The monoisotopic (exact) mass is 348 g/mol. The van der Waals surface area contributed by atoms with Crippen molar-refractivity contribution in [2.45, 2.75) is 27.7 Å². The molecule has 0 atom stereocenters. The largest absolute Gasteiger partial charge is 0.362 e. The molecule has 0 unspecified atom stereocenters. The van der Waals surface area contributed by atoms with E-state index < -0.39 is 0 Å². The number of thiocarbonyl (C=S) groups is 1. The molecule has 4 nitrogen and oxygen atoms in total. The molecule has 0 fully saturated rings. The van der Waals surface area contributed by atoms with Crippen molar-refractivity contribution in [3.05, 3.63) is 51.8 Å². The van der Waals surface area contributed by atoms with Crippen LogP contribution in [0.15, 0.2) is 29.4 Å². The van der Waals surface area contributed by atoms with Crippen LogP contribution in [-0.2, 0) is 0 Å². The van der Waals surface area contributed by atoms with Crippen LogP contribution in [0.3, 0.4) is 0 Å². The summed E-state index contributed by atoms with van der Waals surface area (Å²) in [6.07, 6.45) is 1.78. The van der Waals surface area contributed by atoms with Crippen molar-refractivity contribution >= 4 is 35.1 Å². The van der Waals surface area contributed by atoms with Crippen molar-refractivity contribution in [2.24, 2.45) is 5.10 Å². The summed E-state index contributed by atoms with van der Waals surface area (Å²) in [5, 5.41) is 8.46. The summed E-state index contributed by atoms with van der Waals surface area (Å²) in [5.41, 5.74) is 8.22. The number of nitrogens with zero attached hydrogens (tertiary/aromatic N) is 2. The van der Waals surface area contributed by atoms with Crippen LogP contribution in [0.2, 0.25) is 5.02 Å². The Balaban J connectivity index is 2.31. The van der Waals surface area contributed by atoms with Gasteiger partial charge in [-0.1, -0.05) is 17.7 Å². The molecule has 2 aromatic rings. The Labute approximate surface area is 147 Å². The van der Waals surface area contributed by atoms with Crippen LogP contribution in [-0.4, -0.2) is 22.4 Å². The van der Waals surface area contributed by atoms with Gasteiger partial charge in [-0.2, -0.15) is 5.10 Å². The van der Waals surface area contributed by atoms with Crippen LogP contribution in [0.4, 0.5) is 0 Å². The van der Waals surface area contributed by atoms with E-state index in [1.54, 1.807) is 6.21 Å². The number of nitrogens with one attached hydrogen (secondary N) is 2. The van der Waals surface area contributed by atoms with Crippen LogP contribution >= 0.6 is 23.8 Å². The van der Waals surface area contributed by atoms with Gasteiger partial charge in [-0.15, -0.1) is 0 Å². The summed E-state index contributed by atoms with van der Waals surface area (Å²) in [6.45, 7) is 8.92. The third-order valence-corrected chi connectivity index (χ3v) is 4.30. The second-order valence-corrected chi connectivity index (χ2v) is 6.09. The van der Waals surface area contributed by atoms with Crippen LogP contribution in [0.5, 0.6) is 0 Å². The average molecular weight is 349 g/mol. The summed E-state index contributed by atoms with van der Waals surface area (Å²) < 4.78 is 2.19. The zero-order valence-electron chi connectivity index (χ0n) is 13.8. The quantitative estimate of drug-likeness (QED) is 0.500. The summed E-state index contributed by atoms with van der Waals surface area (Å²) in [5.74, 6) is 0. The van der Waals surface area contributed by atoms with E-state index >= 15 is 0 Å². The third kappa shape index (κ3) is 3.92. The Morgan fingerprint density at radius 3 is 2.78 bits per heavy atom. The fourth-order valence-electron chi connectivity index (χ4n) is 2.49. The fourth-order valence-corrected chi connectivity index (χ4v) is 2.85. The van der Waals surface area contributed by atoms with Gasteiger partial charge in [-0.25, -0.2) is 0 Å². The lowest BCUT2D eigenvalue weighted by Crippen LogP contribution is -2.31. The molecule has 122 valence electrons. The summed E-state index contributed by atoms with van der Waals surface area (Å²) in [7, 11) is 0. The van der Waals surface area contributed by atoms with E-state index in [2.05, 4.69) is 46.4 Å². The van der Waals surface area contributed by atoms with Gasteiger partial charge in [0.05, 0.1) is 6.21 Å². The molecule has 0 radical (unpaired) electrons. The standard InChI is InChI=1S/C17H21ClN4S/c1-5-19-17(23)21-20-10-14-9-11(2)22(13(14)4)16-8-6-7-15(18)12(16)3/h6-10H,5H2,1-4H3,(H2,19,21,23)/b20-10-. The fraction of sp³-hybridized carbons (Fsp3) is 0.294. The number of hydrazone groups is 1. The molecule has 0 bridgehead atoms. The smallest absolute Gasteiger partial charge is 0.186 e. The molecule has 0 spiro atoms. The summed E-state index contributed by atoms with van der Waals surface area (Å²) >= 11 is 11.3. The van der Waals surface area contributed by atoms with Gasteiger partial charge in [0, 0.05) is 34.2 Å². The first-order valence-electron chi connectivity index (χ1n) is 7.47. The Morgan fingerprint density at radius 1 is 1.35 bits per heavy atom. The predicted molar refractivity (Wildman–Crippen MR) is 102 cm³/mol. The second-order valence-electron chi connectivity index (χ2n) is 5.28. The van der Waals surface area contributed by atoms with Crippen LogP contribution < -0.4 is 10.7 Å². The van der Waals surface area contributed by atoms with Crippen molar-refractivity contribution in [1.29, 1.82) is 0 Å². The summed E-state index contributed by atoms with van der Waals surface area (Å²) in [6, 6.07) is 8.04. The van der Waals surface area contributed by atoms with Gasteiger partial charge < -0.3 is 9.88 Å². The Hall–Kier alpha value is -1.85. The molecule has 0 aliphatic heterocycles. The number of benzene rings is 1. The van der Waals surface area contributed by atoms with Crippen molar-refractivity contribution in [3.8, 4) is 5.69 Å². The lowest BCUT2D eigenvalue weighted by Gasteiger charge is -2.13. The molecule has 2 N–H and O–H groups in total. The van der Waals surface area contributed by atoms with Gasteiger partial charge in [0.15, 0.2) is 5.11 Å². The number of aromatic nitrogens is 1. The highest BCUT2D eigenvalue weighted by Crippen LogP contribution is 2.26. The maximum Gasteiger partial charge on any atom is 0.186 e. The first-order chi connectivity index (χ1) is 11.0. The van der Waals surface area contributed by atoms with Gasteiger partial charge in [-0.3, -0.25) is 5.43 Å². The SMILES string of the molecule is CCNC(=S)N/N=C\c1cc(C)n(-c2cccc(Cl)c2C)c1C. The van der Waals surface area contributed by atoms with Crippen LogP contribution in [0.25, 0.3) is 5.69 Å². The van der Waals surface area contributed by atoms with Gasteiger partial charge >= 0.3 is 0 Å². The average Bonchev–Trinajstić information content (AvgIpc) is 2.77. The lowest BCUT2D eigenvalue weighted by molar-refractivity contribution is 0.903. The molecule has 0 saturated carbocycles. The van der Waals surface area contributed by atoms with Crippen LogP contribution in [0, 0.1) is 20.8 Å². The molecule has 23 heavy (non-hydrogen) atoms. The van der Waals surface area contributed by atoms with Crippen molar-refractivity contribution in [3.63, 3.8) is 0 Å². The summed E-state index contributed by atoms with van der Waals surface area (Å²) in [4.78, 5) is 0. The molecule has 0 amide bonds. The minimum Gasteiger partial charge on any atom is -0.362 e. The van der Waals surface area contributed by atoms with Crippen molar-refractivity contribution in [2.75, 3.05) is 6.54 Å². The lowest BCUT2D eigenvalue weighted by atomic mass is 10.2. The maximum atomic E-state index is 6.25. The Bertz CT molecular complexity index is 749. The van der Waals surface area contributed by atoms with Gasteiger partial charge in [0.25, 0.3) is 0 Å². The number of hydrogen-bond donors (Lipinski definition) is 2. The van der Waals surface area contributed by atoms with E-state index in [1.807, 2.05) is 26.0 Å². The molecular formula is C17H21ClN4S. The molecule has 0 aliphatic rings. The first-order valence-corrected chi connectivity index (χ1v) is 8.25. The van der Waals surface area contributed by atoms with Crippen LogP contribution in [0.1, 0.15) is 29.4 Å². The second kappa shape index (κ2) is 7.62. The molecule has 1 heterocycles. The normalized spacial score (nSPS) is 11.0. The number of rotatable bonds is 4. The topological polar surface area (TPSA) is 41.4 Å². The van der Waals surface area contributed by atoms with E-state index in [0.717, 1.165) is 39.8 Å². The zero-order valence-corrected chi connectivity index (χ0v) is 15.3. The molecule has 6 heteroatoms. The Morgan fingerprint density at radius 2 is 2.09 bits per heavy atom. The first kappa shape index (κ1) is 17.5. The zero-order chi connectivity index (χ0) is 17.0. The third-order valence-electron chi connectivity index (χ3n) is 3.66. The van der Waals surface area contributed by atoms with Gasteiger partial charge in [-0.05, 0) is 63.7 Å². The van der Waals surface area contributed by atoms with E-state index in [-0.39, 0.29) is 0 Å². The maximum absolute atomic E-state index is 6.25. The molecule has 0 saturated heterocycles. The van der Waals surface area contributed by atoms with E-state index in [0.29, 0.717) is 5.11 Å². The molecule has 1 aromatic heterocycles. The highest BCUT2D eigenvalue weighted by molar-refractivity contribution is 7.80. The number of halogens is 1. The molecule has 1 aromatic carbocycles. The molecule has 2 rings (SSSR count). The predicted octanol–water partition coefficient (Wildman–Crippen LogP) is 3.87. The van der Waals surface area contributed by atoms with Crippen molar-refractivity contribution in [1.82, 2.24) is 15.3 Å². The van der Waals surface area contributed by atoms with E-state index in [4.69, 9.17) is 23.8 Å². The van der Waals surface area contributed by atoms with E-state index in [9.17, 15) is 0 Å². The number of hydrogen-bond acceptors (Lipinski definition) is 2. The van der Waals surface area contributed by atoms with E-state index in [1.165, 1.54) is 0 Å². The molecule has 0 aliphatic carbocycles. The Kier molecular flexibility index (Phi) is 5.80. The number of aryl methyl sites for hydroxylation is 1. The minimum absolute atomic E-state index is 0.517. The van der Waals surface area contributed by atoms with Gasteiger partial charge in [0.1, 0.15) is 0 Å². The minimum atomic E-state index is 0.517. The van der Waals surface area contributed by atoms with Gasteiger partial charge in [0.2, 0.25) is 0 Å². The van der Waals surface area contributed by atoms with Crippen molar-refractivity contribution < 1.29 is 0 Å². The molecular weight excluding hydrogens is 328 g/mol.